The number of aromatic amines is 1. The zero-order valence-electron chi connectivity index (χ0n) is 11.0. The standard InChI is InChI=1S/C14H16BrN3O/c1-3-5-11-12(15)14(19)18-13(17-11)10-6-7-16-8-9(10)4-2/h6-8H,3-5H2,1-2H3,(H,17,18,19). The van der Waals surface area contributed by atoms with Gasteiger partial charge in [0.15, 0.2) is 0 Å². The molecule has 2 rings (SSSR count). The Labute approximate surface area is 120 Å². The van der Waals surface area contributed by atoms with Crippen molar-refractivity contribution in [3.05, 3.63) is 44.5 Å². The van der Waals surface area contributed by atoms with E-state index in [1.54, 1.807) is 6.20 Å². The lowest BCUT2D eigenvalue weighted by molar-refractivity contribution is 0.860. The molecule has 0 aliphatic rings. The summed E-state index contributed by atoms with van der Waals surface area (Å²) in [6, 6.07) is 1.89. The van der Waals surface area contributed by atoms with Crippen LogP contribution in [0.15, 0.2) is 27.7 Å². The number of H-pyrrole nitrogens is 1. The molecule has 0 aliphatic carbocycles. The van der Waals surface area contributed by atoms with E-state index in [9.17, 15) is 4.79 Å². The van der Waals surface area contributed by atoms with E-state index in [0.29, 0.717) is 10.3 Å². The minimum Gasteiger partial charge on any atom is -0.306 e. The molecule has 0 unspecified atom stereocenters. The van der Waals surface area contributed by atoms with Crippen LogP contribution in [-0.2, 0) is 12.8 Å². The fraction of sp³-hybridized carbons (Fsp3) is 0.357. The number of pyridine rings is 1. The molecule has 0 fully saturated rings. The molecule has 5 heteroatoms. The molecule has 100 valence electrons. The van der Waals surface area contributed by atoms with Crippen molar-refractivity contribution in [2.75, 3.05) is 0 Å². The summed E-state index contributed by atoms with van der Waals surface area (Å²) in [5.41, 5.74) is 2.70. The molecule has 0 aliphatic heterocycles. The number of nitrogens with one attached hydrogen (secondary N) is 1. The number of nitrogens with zero attached hydrogens (tertiary/aromatic N) is 2. The molecule has 2 heterocycles. The van der Waals surface area contributed by atoms with Gasteiger partial charge in [0.2, 0.25) is 0 Å². The highest BCUT2D eigenvalue weighted by atomic mass is 79.9. The maximum Gasteiger partial charge on any atom is 0.265 e. The summed E-state index contributed by atoms with van der Waals surface area (Å²) in [5, 5.41) is 0. The summed E-state index contributed by atoms with van der Waals surface area (Å²) >= 11 is 3.30. The number of aryl methyl sites for hydroxylation is 2. The van der Waals surface area contributed by atoms with Crippen LogP contribution in [0.4, 0.5) is 0 Å². The van der Waals surface area contributed by atoms with E-state index in [4.69, 9.17) is 0 Å². The van der Waals surface area contributed by atoms with Crippen LogP contribution in [0, 0.1) is 0 Å². The van der Waals surface area contributed by atoms with Crippen molar-refractivity contribution < 1.29 is 0 Å². The first-order chi connectivity index (χ1) is 9.17. The maximum absolute atomic E-state index is 12.0. The lowest BCUT2D eigenvalue weighted by Gasteiger charge is -2.09. The minimum absolute atomic E-state index is 0.132. The van der Waals surface area contributed by atoms with Gasteiger partial charge in [-0.2, -0.15) is 0 Å². The van der Waals surface area contributed by atoms with Crippen LogP contribution < -0.4 is 5.56 Å². The molecule has 0 saturated heterocycles. The van der Waals surface area contributed by atoms with Crippen LogP contribution in [0.2, 0.25) is 0 Å². The van der Waals surface area contributed by atoms with Crippen LogP contribution in [0.25, 0.3) is 11.4 Å². The van der Waals surface area contributed by atoms with Gasteiger partial charge in [-0.1, -0.05) is 20.3 Å². The number of hydrogen-bond acceptors (Lipinski definition) is 3. The van der Waals surface area contributed by atoms with Crippen LogP contribution in [0.1, 0.15) is 31.5 Å². The van der Waals surface area contributed by atoms with Crippen molar-refractivity contribution in [1.82, 2.24) is 15.0 Å². The summed E-state index contributed by atoms with van der Waals surface area (Å²) in [7, 11) is 0. The van der Waals surface area contributed by atoms with Crippen LogP contribution in [0.5, 0.6) is 0 Å². The quantitative estimate of drug-likeness (QED) is 0.941. The molecule has 0 aromatic carbocycles. The first kappa shape index (κ1) is 13.9. The zero-order valence-corrected chi connectivity index (χ0v) is 12.6. The number of halogens is 1. The molecule has 2 aromatic rings. The lowest BCUT2D eigenvalue weighted by atomic mass is 10.1. The van der Waals surface area contributed by atoms with Gasteiger partial charge in [0.25, 0.3) is 5.56 Å². The number of aromatic nitrogens is 3. The second kappa shape index (κ2) is 6.10. The summed E-state index contributed by atoms with van der Waals surface area (Å²) in [4.78, 5) is 23.5. The Morgan fingerprint density at radius 1 is 1.37 bits per heavy atom. The van der Waals surface area contributed by atoms with Crippen LogP contribution >= 0.6 is 15.9 Å². The molecule has 0 atom stereocenters. The Kier molecular flexibility index (Phi) is 4.47. The first-order valence-electron chi connectivity index (χ1n) is 6.39. The topological polar surface area (TPSA) is 58.6 Å². The molecular weight excluding hydrogens is 306 g/mol. The van der Waals surface area contributed by atoms with Crippen molar-refractivity contribution >= 4 is 15.9 Å². The second-order valence-corrected chi connectivity index (χ2v) is 5.10. The van der Waals surface area contributed by atoms with Gasteiger partial charge < -0.3 is 4.98 Å². The van der Waals surface area contributed by atoms with Gasteiger partial charge in [-0.25, -0.2) is 4.98 Å². The Hall–Kier alpha value is -1.49. The third kappa shape index (κ3) is 2.92. The van der Waals surface area contributed by atoms with Gasteiger partial charge in [-0.05, 0) is 40.4 Å². The van der Waals surface area contributed by atoms with Gasteiger partial charge in [0.1, 0.15) is 10.3 Å². The highest BCUT2D eigenvalue weighted by Gasteiger charge is 2.11. The highest BCUT2D eigenvalue weighted by Crippen LogP contribution is 2.21. The molecular formula is C14H16BrN3O. The molecule has 0 spiro atoms. The molecule has 0 bridgehead atoms. The Morgan fingerprint density at radius 3 is 2.84 bits per heavy atom. The molecule has 0 amide bonds. The van der Waals surface area contributed by atoms with E-state index >= 15 is 0 Å². The Balaban J connectivity index is 2.59. The second-order valence-electron chi connectivity index (χ2n) is 4.31. The molecule has 1 N–H and O–H groups in total. The van der Waals surface area contributed by atoms with Crippen LogP contribution in [-0.4, -0.2) is 15.0 Å². The molecule has 0 radical (unpaired) electrons. The highest BCUT2D eigenvalue weighted by molar-refractivity contribution is 9.10. The smallest absolute Gasteiger partial charge is 0.265 e. The average Bonchev–Trinajstić information content (AvgIpc) is 2.43. The maximum atomic E-state index is 12.0. The monoisotopic (exact) mass is 321 g/mol. The molecule has 4 nitrogen and oxygen atoms in total. The molecule has 19 heavy (non-hydrogen) atoms. The van der Waals surface area contributed by atoms with Gasteiger partial charge in [-0.15, -0.1) is 0 Å². The summed E-state index contributed by atoms with van der Waals surface area (Å²) in [5.74, 6) is 0.621. The van der Waals surface area contributed by atoms with Crippen molar-refractivity contribution in [2.45, 2.75) is 33.1 Å². The zero-order chi connectivity index (χ0) is 13.8. The normalized spacial score (nSPS) is 10.7. The lowest BCUT2D eigenvalue weighted by Crippen LogP contribution is -2.14. The average molecular weight is 322 g/mol. The van der Waals surface area contributed by atoms with E-state index in [1.807, 2.05) is 12.3 Å². The van der Waals surface area contributed by atoms with E-state index in [-0.39, 0.29) is 5.56 Å². The largest absolute Gasteiger partial charge is 0.306 e. The summed E-state index contributed by atoms with van der Waals surface area (Å²) in [6.45, 7) is 4.13. The fourth-order valence-electron chi connectivity index (χ4n) is 1.98. The fourth-order valence-corrected chi connectivity index (χ4v) is 2.36. The molecule has 2 aromatic heterocycles. The van der Waals surface area contributed by atoms with E-state index in [2.05, 4.69) is 44.7 Å². The number of hydrogen-bond donors (Lipinski definition) is 1. The van der Waals surface area contributed by atoms with E-state index in [1.165, 1.54) is 0 Å². The Bertz CT molecular complexity index is 637. The van der Waals surface area contributed by atoms with Crippen LogP contribution in [0.3, 0.4) is 0 Å². The predicted octanol–water partition coefficient (Wildman–Crippen LogP) is 3.11. The third-order valence-electron chi connectivity index (χ3n) is 2.96. The SMILES string of the molecule is CCCc1nc(-c2ccncc2CC)[nH]c(=O)c1Br. The third-order valence-corrected chi connectivity index (χ3v) is 3.78. The van der Waals surface area contributed by atoms with Crippen molar-refractivity contribution in [3.8, 4) is 11.4 Å². The molecule has 0 saturated carbocycles. The Morgan fingerprint density at radius 2 is 2.16 bits per heavy atom. The van der Waals surface area contributed by atoms with Crippen molar-refractivity contribution in [1.29, 1.82) is 0 Å². The minimum atomic E-state index is -0.132. The first-order valence-corrected chi connectivity index (χ1v) is 7.18. The summed E-state index contributed by atoms with van der Waals surface area (Å²) < 4.78 is 0.533. The van der Waals surface area contributed by atoms with Gasteiger partial charge in [0, 0.05) is 18.0 Å². The van der Waals surface area contributed by atoms with Gasteiger partial charge in [-0.3, -0.25) is 9.78 Å². The van der Waals surface area contributed by atoms with E-state index < -0.39 is 0 Å². The summed E-state index contributed by atoms with van der Waals surface area (Å²) in [6.07, 6.45) is 6.12. The van der Waals surface area contributed by atoms with Gasteiger partial charge in [0.05, 0.1) is 5.69 Å². The van der Waals surface area contributed by atoms with Crippen molar-refractivity contribution in [2.24, 2.45) is 0 Å². The predicted molar refractivity (Wildman–Crippen MR) is 79.2 cm³/mol. The van der Waals surface area contributed by atoms with Gasteiger partial charge >= 0.3 is 0 Å². The van der Waals surface area contributed by atoms with Crippen molar-refractivity contribution in [3.63, 3.8) is 0 Å². The van der Waals surface area contributed by atoms with E-state index in [0.717, 1.165) is 36.1 Å². The number of rotatable bonds is 4.